The summed E-state index contributed by atoms with van der Waals surface area (Å²) in [4.78, 5) is 4.46. The maximum Gasteiger partial charge on any atom is 0.0957 e. The third kappa shape index (κ3) is 2.59. The van der Waals surface area contributed by atoms with E-state index in [4.69, 9.17) is 5.73 Å². The van der Waals surface area contributed by atoms with E-state index in [1.807, 2.05) is 24.3 Å². The molecule has 0 aliphatic carbocycles. The lowest BCUT2D eigenvalue weighted by atomic mass is 10.1. The number of rotatable bonds is 2. The molecule has 0 bridgehead atoms. The molecule has 1 aromatic heterocycles. The van der Waals surface area contributed by atoms with Crippen LogP contribution in [-0.2, 0) is 0 Å². The summed E-state index contributed by atoms with van der Waals surface area (Å²) in [5.41, 5.74) is 12.1. The molecule has 4 heteroatoms. The molecule has 1 heterocycles. The van der Waals surface area contributed by atoms with Crippen molar-refractivity contribution in [3.63, 3.8) is 0 Å². The van der Waals surface area contributed by atoms with Gasteiger partial charge in [-0.15, -0.1) is 0 Å². The first kappa shape index (κ1) is 13.9. The van der Waals surface area contributed by atoms with Crippen LogP contribution in [0.5, 0.6) is 0 Å². The average molecular weight is 342 g/mol. The van der Waals surface area contributed by atoms with Gasteiger partial charge in [0.05, 0.1) is 11.2 Å². The van der Waals surface area contributed by atoms with Crippen LogP contribution in [0.3, 0.4) is 0 Å². The fraction of sp³-hybridized carbons (Fsp3) is 0.118. The zero-order valence-electron chi connectivity index (χ0n) is 11.9. The SMILES string of the molecule is Cc1cc(Br)cc(C)c1Nc1ccc(N)c2cccnc12. The van der Waals surface area contributed by atoms with Crippen LogP contribution in [0, 0.1) is 13.8 Å². The number of anilines is 3. The van der Waals surface area contributed by atoms with Gasteiger partial charge in [-0.2, -0.15) is 0 Å². The Morgan fingerprint density at radius 3 is 2.52 bits per heavy atom. The first-order valence-corrected chi connectivity index (χ1v) is 7.52. The van der Waals surface area contributed by atoms with Crippen molar-refractivity contribution in [2.24, 2.45) is 0 Å². The Labute approximate surface area is 132 Å². The van der Waals surface area contributed by atoms with Gasteiger partial charge in [0, 0.05) is 27.4 Å². The van der Waals surface area contributed by atoms with Gasteiger partial charge in [-0.05, 0) is 61.4 Å². The maximum atomic E-state index is 6.02. The lowest BCUT2D eigenvalue weighted by molar-refractivity contribution is 1.34. The standard InChI is InChI=1S/C17H16BrN3/c1-10-8-12(18)9-11(2)16(10)21-15-6-5-14(19)13-4-3-7-20-17(13)15/h3-9,21H,19H2,1-2H3. The van der Waals surface area contributed by atoms with E-state index in [0.717, 1.165) is 32.4 Å². The molecule has 106 valence electrons. The second-order valence-electron chi connectivity index (χ2n) is 5.14. The van der Waals surface area contributed by atoms with E-state index in [1.165, 1.54) is 11.1 Å². The molecule has 0 aliphatic heterocycles. The van der Waals surface area contributed by atoms with Gasteiger partial charge in [0.1, 0.15) is 0 Å². The third-order valence-corrected chi connectivity index (χ3v) is 4.02. The van der Waals surface area contributed by atoms with Crippen LogP contribution in [0.1, 0.15) is 11.1 Å². The van der Waals surface area contributed by atoms with E-state index in [-0.39, 0.29) is 0 Å². The van der Waals surface area contributed by atoms with Crippen LogP contribution in [0.4, 0.5) is 17.1 Å². The molecule has 0 unspecified atom stereocenters. The normalized spacial score (nSPS) is 10.8. The molecule has 0 atom stereocenters. The van der Waals surface area contributed by atoms with Crippen molar-refractivity contribution in [1.82, 2.24) is 4.98 Å². The third-order valence-electron chi connectivity index (χ3n) is 3.56. The molecule has 3 aromatic rings. The van der Waals surface area contributed by atoms with Crippen molar-refractivity contribution in [1.29, 1.82) is 0 Å². The summed E-state index contributed by atoms with van der Waals surface area (Å²) in [6, 6.07) is 12.0. The fourth-order valence-electron chi connectivity index (χ4n) is 2.54. The molecule has 3 nitrogen and oxygen atoms in total. The molecule has 2 aromatic carbocycles. The van der Waals surface area contributed by atoms with E-state index in [9.17, 15) is 0 Å². The fourth-order valence-corrected chi connectivity index (χ4v) is 3.22. The number of nitrogen functional groups attached to an aromatic ring is 1. The zero-order valence-corrected chi connectivity index (χ0v) is 13.5. The minimum absolute atomic E-state index is 0.743. The number of hydrogen-bond donors (Lipinski definition) is 2. The number of nitrogens with two attached hydrogens (primary N) is 1. The summed E-state index contributed by atoms with van der Waals surface area (Å²) in [5, 5.41) is 4.47. The van der Waals surface area contributed by atoms with Gasteiger partial charge in [0.15, 0.2) is 0 Å². The minimum Gasteiger partial charge on any atom is -0.398 e. The van der Waals surface area contributed by atoms with Crippen LogP contribution < -0.4 is 11.1 Å². The summed E-state index contributed by atoms with van der Waals surface area (Å²) >= 11 is 3.53. The zero-order chi connectivity index (χ0) is 15.0. The van der Waals surface area contributed by atoms with Gasteiger partial charge in [-0.3, -0.25) is 4.98 Å². The van der Waals surface area contributed by atoms with E-state index in [0.29, 0.717) is 0 Å². The van der Waals surface area contributed by atoms with Crippen LogP contribution in [0.15, 0.2) is 47.1 Å². The van der Waals surface area contributed by atoms with Crippen molar-refractivity contribution >= 4 is 43.9 Å². The summed E-state index contributed by atoms with van der Waals surface area (Å²) in [6.07, 6.45) is 1.79. The highest BCUT2D eigenvalue weighted by molar-refractivity contribution is 9.10. The van der Waals surface area contributed by atoms with E-state index >= 15 is 0 Å². The van der Waals surface area contributed by atoms with Crippen LogP contribution in [-0.4, -0.2) is 4.98 Å². The van der Waals surface area contributed by atoms with Crippen molar-refractivity contribution < 1.29 is 0 Å². The molecule has 3 rings (SSSR count). The number of nitrogens with one attached hydrogen (secondary N) is 1. The van der Waals surface area contributed by atoms with Crippen molar-refractivity contribution in [2.75, 3.05) is 11.1 Å². The first-order chi connectivity index (χ1) is 10.1. The van der Waals surface area contributed by atoms with Gasteiger partial charge in [0.2, 0.25) is 0 Å². The lowest BCUT2D eigenvalue weighted by Crippen LogP contribution is -1.99. The van der Waals surface area contributed by atoms with Crippen molar-refractivity contribution in [2.45, 2.75) is 13.8 Å². The topological polar surface area (TPSA) is 50.9 Å². The smallest absolute Gasteiger partial charge is 0.0957 e. The molecule has 0 aliphatic rings. The Morgan fingerprint density at radius 1 is 1.10 bits per heavy atom. The molecule has 0 saturated heterocycles. The second-order valence-corrected chi connectivity index (χ2v) is 6.06. The maximum absolute atomic E-state index is 6.02. The molecular weight excluding hydrogens is 326 g/mol. The van der Waals surface area contributed by atoms with Crippen molar-refractivity contribution in [3.05, 3.63) is 58.2 Å². The van der Waals surface area contributed by atoms with Gasteiger partial charge < -0.3 is 11.1 Å². The van der Waals surface area contributed by atoms with Gasteiger partial charge in [-0.25, -0.2) is 0 Å². The summed E-state index contributed by atoms with van der Waals surface area (Å²) < 4.78 is 1.09. The highest BCUT2D eigenvalue weighted by atomic mass is 79.9. The van der Waals surface area contributed by atoms with Gasteiger partial charge >= 0.3 is 0 Å². The summed E-state index contributed by atoms with van der Waals surface area (Å²) in [7, 11) is 0. The summed E-state index contributed by atoms with van der Waals surface area (Å²) in [6.45, 7) is 4.18. The number of nitrogens with zero attached hydrogens (tertiary/aromatic N) is 1. The highest BCUT2D eigenvalue weighted by Crippen LogP contribution is 2.32. The van der Waals surface area contributed by atoms with Crippen LogP contribution in [0.25, 0.3) is 10.9 Å². The largest absolute Gasteiger partial charge is 0.398 e. The highest BCUT2D eigenvalue weighted by Gasteiger charge is 2.09. The number of aromatic nitrogens is 1. The molecule has 0 saturated carbocycles. The molecule has 3 N–H and O–H groups in total. The van der Waals surface area contributed by atoms with Crippen LogP contribution in [0.2, 0.25) is 0 Å². The Hall–Kier alpha value is -2.07. The number of fused-ring (bicyclic) bond motifs is 1. The molecule has 0 radical (unpaired) electrons. The number of hydrogen-bond acceptors (Lipinski definition) is 3. The number of halogens is 1. The van der Waals surface area contributed by atoms with Crippen molar-refractivity contribution in [3.8, 4) is 0 Å². The molecular formula is C17H16BrN3. The summed E-state index contributed by atoms with van der Waals surface area (Å²) in [5.74, 6) is 0. The Kier molecular flexibility index (Phi) is 3.55. The number of benzene rings is 2. The molecule has 0 fully saturated rings. The Bertz CT molecular complexity index is 804. The predicted octanol–water partition coefficient (Wildman–Crippen LogP) is 4.94. The number of pyridine rings is 1. The quantitative estimate of drug-likeness (QED) is 0.649. The second kappa shape index (κ2) is 5.37. The van der Waals surface area contributed by atoms with Crippen LogP contribution >= 0.6 is 15.9 Å². The Balaban J connectivity index is 2.13. The predicted molar refractivity (Wildman–Crippen MR) is 93.1 cm³/mol. The lowest BCUT2D eigenvalue weighted by Gasteiger charge is -2.15. The van der Waals surface area contributed by atoms with E-state index in [1.54, 1.807) is 6.20 Å². The minimum atomic E-state index is 0.743. The average Bonchev–Trinajstić information content (AvgIpc) is 2.45. The van der Waals surface area contributed by atoms with E-state index < -0.39 is 0 Å². The molecule has 21 heavy (non-hydrogen) atoms. The molecule has 0 amide bonds. The molecule has 0 spiro atoms. The number of aryl methyl sites for hydroxylation is 2. The van der Waals surface area contributed by atoms with E-state index in [2.05, 4.69) is 52.2 Å². The monoisotopic (exact) mass is 341 g/mol. The van der Waals surface area contributed by atoms with Gasteiger partial charge in [-0.1, -0.05) is 15.9 Å². The Morgan fingerprint density at radius 2 is 1.81 bits per heavy atom. The van der Waals surface area contributed by atoms with Gasteiger partial charge in [0.25, 0.3) is 0 Å². The first-order valence-electron chi connectivity index (χ1n) is 6.73.